The van der Waals surface area contributed by atoms with Gasteiger partial charge in [-0.15, -0.1) is 0 Å². The van der Waals surface area contributed by atoms with E-state index >= 15 is 0 Å². The Morgan fingerprint density at radius 1 is 1.27 bits per heavy atom. The van der Waals surface area contributed by atoms with Crippen LogP contribution in [0.5, 0.6) is 11.5 Å². The number of carbonyl (C=O) groups is 2. The molecule has 1 saturated carbocycles. The number of rotatable bonds is 7. The summed E-state index contributed by atoms with van der Waals surface area (Å²) in [6.45, 7) is 0. The van der Waals surface area contributed by atoms with E-state index in [0.29, 0.717) is 27.7 Å². The maximum Gasteiger partial charge on any atom is 0.230 e. The number of benzene rings is 1. The largest absolute Gasteiger partial charge is 0.493 e. The quantitative estimate of drug-likeness (QED) is 0.690. The zero-order valence-corrected chi connectivity index (χ0v) is 18.1. The standard InChI is InChI=1S/C22H27N3O4S/c1-28-18-10-6-9-15(21(18)29-2)16-11-19(26)25-22(17(16)12-23)30-13-20(27)24-14-7-4-3-5-8-14/h6,9-10,14,16H,3-5,7-8,11,13H2,1-2H3,(H,24,27)(H,25,26)/t16-/m1/s1. The van der Waals surface area contributed by atoms with E-state index in [2.05, 4.69) is 16.7 Å². The van der Waals surface area contributed by atoms with Gasteiger partial charge >= 0.3 is 0 Å². The minimum atomic E-state index is -0.460. The molecule has 7 nitrogen and oxygen atoms in total. The molecular weight excluding hydrogens is 402 g/mol. The molecule has 0 aromatic heterocycles. The van der Waals surface area contributed by atoms with Crippen LogP contribution < -0.4 is 20.1 Å². The summed E-state index contributed by atoms with van der Waals surface area (Å²) < 4.78 is 10.9. The van der Waals surface area contributed by atoms with Crippen molar-refractivity contribution in [2.45, 2.75) is 50.5 Å². The summed E-state index contributed by atoms with van der Waals surface area (Å²) in [6.07, 6.45) is 5.66. The van der Waals surface area contributed by atoms with E-state index in [1.165, 1.54) is 25.3 Å². The van der Waals surface area contributed by atoms with Crippen LogP contribution in [0.1, 0.15) is 50.0 Å². The van der Waals surface area contributed by atoms with Gasteiger partial charge in [-0.3, -0.25) is 9.59 Å². The summed E-state index contributed by atoms with van der Waals surface area (Å²) in [5, 5.41) is 16.1. The number of nitrogens with zero attached hydrogens (tertiary/aromatic N) is 1. The molecule has 1 heterocycles. The van der Waals surface area contributed by atoms with E-state index in [-0.39, 0.29) is 30.0 Å². The van der Waals surface area contributed by atoms with Crippen LogP contribution in [0.3, 0.4) is 0 Å². The molecule has 0 spiro atoms. The van der Waals surface area contributed by atoms with Gasteiger partial charge in [0.05, 0.1) is 36.6 Å². The first-order valence-corrected chi connectivity index (χ1v) is 11.1. The number of ether oxygens (including phenoxy) is 2. The molecule has 0 radical (unpaired) electrons. The molecule has 30 heavy (non-hydrogen) atoms. The Labute approximate surface area is 181 Å². The topological polar surface area (TPSA) is 100 Å². The maximum absolute atomic E-state index is 12.4. The minimum Gasteiger partial charge on any atom is -0.493 e. The van der Waals surface area contributed by atoms with Crippen molar-refractivity contribution in [1.29, 1.82) is 5.26 Å². The van der Waals surface area contributed by atoms with Gasteiger partial charge in [-0.25, -0.2) is 0 Å². The van der Waals surface area contributed by atoms with Crippen molar-refractivity contribution < 1.29 is 19.1 Å². The summed E-state index contributed by atoms with van der Waals surface area (Å²) in [5.41, 5.74) is 1.14. The van der Waals surface area contributed by atoms with Gasteiger partial charge in [-0.1, -0.05) is 43.2 Å². The molecular formula is C22H27N3O4S. The van der Waals surface area contributed by atoms with Crippen LogP contribution in [-0.2, 0) is 9.59 Å². The number of nitrogens with one attached hydrogen (secondary N) is 2. The molecule has 1 aromatic rings. The Kier molecular flexibility index (Phi) is 7.63. The number of methoxy groups -OCH3 is 2. The Bertz CT molecular complexity index is 872. The number of thioether (sulfide) groups is 1. The van der Waals surface area contributed by atoms with E-state index in [9.17, 15) is 14.9 Å². The Morgan fingerprint density at radius 2 is 2.03 bits per heavy atom. The average molecular weight is 430 g/mol. The fraction of sp³-hybridized carbons (Fsp3) is 0.500. The van der Waals surface area contributed by atoms with Crippen molar-refractivity contribution in [2.75, 3.05) is 20.0 Å². The molecule has 0 unspecified atom stereocenters. The van der Waals surface area contributed by atoms with Crippen molar-refractivity contribution in [2.24, 2.45) is 0 Å². The molecule has 2 amide bonds. The molecule has 1 fully saturated rings. The van der Waals surface area contributed by atoms with Crippen molar-refractivity contribution in [3.63, 3.8) is 0 Å². The fourth-order valence-electron chi connectivity index (χ4n) is 4.04. The maximum atomic E-state index is 12.4. The average Bonchev–Trinajstić information content (AvgIpc) is 2.77. The molecule has 0 bridgehead atoms. The highest BCUT2D eigenvalue weighted by molar-refractivity contribution is 8.03. The highest BCUT2D eigenvalue weighted by Gasteiger charge is 2.32. The summed E-state index contributed by atoms with van der Waals surface area (Å²) >= 11 is 1.19. The molecule has 0 saturated heterocycles. The first-order valence-electron chi connectivity index (χ1n) is 10.1. The zero-order chi connectivity index (χ0) is 21.5. The van der Waals surface area contributed by atoms with E-state index in [1.54, 1.807) is 13.2 Å². The number of nitriles is 1. The van der Waals surface area contributed by atoms with Gasteiger partial charge in [0.2, 0.25) is 11.8 Å². The number of carbonyl (C=O) groups excluding carboxylic acids is 2. The predicted octanol–water partition coefficient (Wildman–Crippen LogP) is 3.22. The molecule has 3 rings (SSSR count). The van der Waals surface area contributed by atoms with E-state index in [4.69, 9.17) is 9.47 Å². The van der Waals surface area contributed by atoms with Crippen LogP contribution in [0.15, 0.2) is 28.8 Å². The molecule has 1 aliphatic heterocycles. The lowest BCUT2D eigenvalue weighted by atomic mass is 9.86. The molecule has 8 heteroatoms. The van der Waals surface area contributed by atoms with Crippen molar-refractivity contribution in [1.82, 2.24) is 10.6 Å². The predicted molar refractivity (Wildman–Crippen MR) is 115 cm³/mol. The van der Waals surface area contributed by atoms with E-state index in [0.717, 1.165) is 25.7 Å². The van der Waals surface area contributed by atoms with Crippen molar-refractivity contribution in [3.8, 4) is 17.6 Å². The Morgan fingerprint density at radius 3 is 2.70 bits per heavy atom. The lowest BCUT2D eigenvalue weighted by Gasteiger charge is -2.27. The van der Waals surface area contributed by atoms with E-state index in [1.807, 2.05) is 12.1 Å². The number of amides is 2. The van der Waals surface area contributed by atoms with Gasteiger partial charge < -0.3 is 20.1 Å². The lowest BCUT2D eigenvalue weighted by Crippen LogP contribution is -2.38. The number of para-hydroxylation sites is 1. The van der Waals surface area contributed by atoms with Crippen LogP contribution in [-0.4, -0.2) is 37.8 Å². The van der Waals surface area contributed by atoms with Crippen LogP contribution >= 0.6 is 11.8 Å². The van der Waals surface area contributed by atoms with Crippen LogP contribution in [0, 0.1) is 11.3 Å². The normalized spacial score (nSPS) is 19.6. The lowest BCUT2D eigenvalue weighted by molar-refractivity contribution is -0.121. The monoisotopic (exact) mass is 429 g/mol. The fourth-order valence-corrected chi connectivity index (χ4v) is 4.93. The van der Waals surface area contributed by atoms with Gasteiger partial charge in [-0.05, 0) is 18.9 Å². The molecule has 2 N–H and O–H groups in total. The molecule has 1 atom stereocenters. The highest BCUT2D eigenvalue weighted by atomic mass is 32.2. The molecule has 1 aliphatic carbocycles. The molecule has 1 aromatic carbocycles. The van der Waals surface area contributed by atoms with Gasteiger partial charge in [0, 0.05) is 23.9 Å². The van der Waals surface area contributed by atoms with Crippen molar-refractivity contribution >= 4 is 23.6 Å². The zero-order valence-electron chi connectivity index (χ0n) is 17.3. The second-order valence-corrected chi connectivity index (χ2v) is 8.42. The smallest absolute Gasteiger partial charge is 0.230 e. The number of hydrogen-bond acceptors (Lipinski definition) is 6. The molecule has 2 aliphatic rings. The Balaban J connectivity index is 1.79. The molecule has 160 valence electrons. The first-order chi connectivity index (χ1) is 14.6. The van der Waals surface area contributed by atoms with Crippen molar-refractivity contribution in [3.05, 3.63) is 34.4 Å². The minimum absolute atomic E-state index is 0.0768. The number of hydrogen-bond donors (Lipinski definition) is 2. The second kappa shape index (κ2) is 10.4. The highest BCUT2D eigenvalue weighted by Crippen LogP contribution is 2.43. The third kappa shape index (κ3) is 5.08. The summed E-state index contributed by atoms with van der Waals surface area (Å²) in [5.74, 6) is 0.467. The number of allylic oxidation sites excluding steroid dienone is 1. The first kappa shape index (κ1) is 22.0. The van der Waals surface area contributed by atoms with Crippen LogP contribution in [0.4, 0.5) is 0 Å². The van der Waals surface area contributed by atoms with Gasteiger partial charge in [0.15, 0.2) is 11.5 Å². The third-order valence-electron chi connectivity index (χ3n) is 5.48. The van der Waals surface area contributed by atoms with Crippen LogP contribution in [0.25, 0.3) is 0 Å². The SMILES string of the molecule is COc1cccc([C@H]2CC(=O)NC(SCC(=O)NC3CCCCC3)=C2C#N)c1OC. The van der Waals surface area contributed by atoms with E-state index < -0.39 is 5.92 Å². The summed E-state index contributed by atoms with van der Waals surface area (Å²) in [6, 6.07) is 7.87. The Hall–Kier alpha value is -2.66. The van der Waals surface area contributed by atoms with Crippen LogP contribution in [0.2, 0.25) is 0 Å². The summed E-state index contributed by atoms with van der Waals surface area (Å²) in [4.78, 5) is 24.8. The third-order valence-corrected chi connectivity index (χ3v) is 6.50. The summed E-state index contributed by atoms with van der Waals surface area (Å²) in [7, 11) is 3.08. The second-order valence-electron chi connectivity index (χ2n) is 7.43. The van der Waals surface area contributed by atoms with Gasteiger partial charge in [-0.2, -0.15) is 5.26 Å². The van der Waals surface area contributed by atoms with Gasteiger partial charge in [0.1, 0.15) is 0 Å². The van der Waals surface area contributed by atoms with Gasteiger partial charge in [0.25, 0.3) is 0 Å².